The Balaban J connectivity index is 1.68. The molecule has 3 aromatic rings. The number of halogens is 1. The van der Waals surface area contributed by atoms with Crippen molar-refractivity contribution < 1.29 is 9.15 Å². The third kappa shape index (κ3) is 3.05. The summed E-state index contributed by atoms with van der Waals surface area (Å²) >= 11 is 5.01. The molecule has 0 spiro atoms. The van der Waals surface area contributed by atoms with Gasteiger partial charge < -0.3 is 9.15 Å². The molecule has 2 heterocycles. The van der Waals surface area contributed by atoms with E-state index in [1.165, 1.54) is 0 Å². The third-order valence-electron chi connectivity index (χ3n) is 2.47. The van der Waals surface area contributed by atoms with Crippen LogP contribution in [-0.4, -0.2) is 4.98 Å². The molecule has 5 heteroatoms. The van der Waals surface area contributed by atoms with E-state index in [0.717, 1.165) is 20.8 Å². The summed E-state index contributed by atoms with van der Waals surface area (Å²) in [5, 5.41) is 2.00. The maximum Gasteiger partial charge on any atom is 0.236 e. The maximum absolute atomic E-state index is 5.65. The minimum atomic E-state index is 0.394. The topological polar surface area (TPSA) is 35.3 Å². The number of ether oxygens (including phenoxy) is 1. The van der Waals surface area contributed by atoms with Gasteiger partial charge >= 0.3 is 0 Å². The molecule has 0 unspecified atom stereocenters. The summed E-state index contributed by atoms with van der Waals surface area (Å²) in [7, 11) is 0. The zero-order chi connectivity index (χ0) is 13.1. The van der Waals surface area contributed by atoms with Crippen molar-refractivity contribution in [2.45, 2.75) is 6.61 Å². The number of hydrogen-bond acceptors (Lipinski definition) is 4. The third-order valence-corrected chi connectivity index (χ3v) is 3.82. The van der Waals surface area contributed by atoms with Gasteiger partial charge in [-0.3, -0.25) is 0 Å². The molecule has 0 saturated carbocycles. The Morgan fingerprint density at radius 1 is 1.26 bits per heavy atom. The fraction of sp³-hybridized carbons (Fsp3) is 0.0714. The van der Waals surface area contributed by atoms with Gasteiger partial charge in [-0.05, 0) is 29.6 Å². The van der Waals surface area contributed by atoms with Crippen LogP contribution in [0.15, 0.2) is 56.9 Å². The normalized spacial score (nSPS) is 10.6. The van der Waals surface area contributed by atoms with Gasteiger partial charge in [0.15, 0.2) is 0 Å². The Morgan fingerprint density at radius 3 is 3.00 bits per heavy atom. The van der Waals surface area contributed by atoms with Gasteiger partial charge in [-0.25, -0.2) is 4.98 Å². The molecule has 1 aromatic carbocycles. The van der Waals surface area contributed by atoms with Crippen molar-refractivity contribution in [3.63, 3.8) is 0 Å². The molecule has 0 fully saturated rings. The van der Waals surface area contributed by atoms with Crippen LogP contribution in [0.1, 0.15) is 5.69 Å². The standard InChI is InChI=1S/C14H10BrNO2S/c15-10-3-1-4-12(7-10)17-8-11-9-18-14(16-11)13-5-2-6-19-13/h1-7,9H,8H2. The minimum Gasteiger partial charge on any atom is -0.487 e. The Morgan fingerprint density at radius 2 is 2.21 bits per heavy atom. The quantitative estimate of drug-likeness (QED) is 0.690. The molecule has 96 valence electrons. The molecular weight excluding hydrogens is 326 g/mol. The summed E-state index contributed by atoms with van der Waals surface area (Å²) in [6.45, 7) is 0.394. The molecule has 2 aromatic heterocycles. The van der Waals surface area contributed by atoms with Crippen LogP contribution in [0.2, 0.25) is 0 Å². The average molecular weight is 336 g/mol. The van der Waals surface area contributed by atoms with Crippen LogP contribution in [0, 0.1) is 0 Å². The van der Waals surface area contributed by atoms with Gasteiger partial charge in [-0.15, -0.1) is 11.3 Å². The molecule has 0 aliphatic carbocycles. The number of aromatic nitrogens is 1. The molecule has 0 amide bonds. The van der Waals surface area contributed by atoms with E-state index in [0.29, 0.717) is 12.5 Å². The predicted octanol–water partition coefficient (Wildman–Crippen LogP) is 4.74. The van der Waals surface area contributed by atoms with Crippen LogP contribution < -0.4 is 4.74 Å². The highest BCUT2D eigenvalue weighted by Crippen LogP contribution is 2.24. The van der Waals surface area contributed by atoms with Gasteiger partial charge in [0.25, 0.3) is 0 Å². The Hall–Kier alpha value is -1.59. The molecule has 0 aliphatic rings. The molecule has 19 heavy (non-hydrogen) atoms. The van der Waals surface area contributed by atoms with Crippen molar-refractivity contribution in [2.24, 2.45) is 0 Å². The number of oxazole rings is 1. The van der Waals surface area contributed by atoms with Crippen LogP contribution in [0.4, 0.5) is 0 Å². The second-order valence-corrected chi connectivity index (χ2v) is 5.73. The molecular formula is C14H10BrNO2S. The summed E-state index contributed by atoms with van der Waals surface area (Å²) in [4.78, 5) is 5.42. The zero-order valence-electron chi connectivity index (χ0n) is 9.88. The van der Waals surface area contributed by atoms with Crippen molar-refractivity contribution >= 4 is 27.3 Å². The highest BCUT2D eigenvalue weighted by molar-refractivity contribution is 9.10. The van der Waals surface area contributed by atoms with Crippen LogP contribution in [0.3, 0.4) is 0 Å². The van der Waals surface area contributed by atoms with Crippen molar-refractivity contribution in [3.05, 3.63) is 58.2 Å². The van der Waals surface area contributed by atoms with Gasteiger partial charge in [0, 0.05) is 4.47 Å². The summed E-state index contributed by atoms with van der Waals surface area (Å²) in [5.74, 6) is 1.44. The zero-order valence-corrected chi connectivity index (χ0v) is 12.3. The van der Waals surface area contributed by atoms with Crippen molar-refractivity contribution in [1.29, 1.82) is 0 Å². The Kier molecular flexibility index (Phi) is 3.66. The van der Waals surface area contributed by atoms with Gasteiger partial charge in [0.05, 0.1) is 4.88 Å². The highest BCUT2D eigenvalue weighted by atomic mass is 79.9. The molecule has 0 aliphatic heterocycles. The van der Waals surface area contributed by atoms with E-state index in [9.17, 15) is 0 Å². The van der Waals surface area contributed by atoms with Crippen molar-refractivity contribution in [1.82, 2.24) is 4.98 Å². The predicted molar refractivity (Wildman–Crippen MR) is 78.3 cm³/mol. The first-order chi connectivity index (χ1) is 9.31. The maximum atomic E-state index is 5.65. The molecule has 0 radical (unpaired) electrons. The van der Waals surface area contributed by atoms with Crippen LogP contribution >= 0.6 is 27.3 Å². The van der Waals surface area contributed by atoms with Gasteiger partial charge in [-0.1, -0.05) is 28.1 Å². The fourth-order valence-electron chi connectivity index (χ4n) is 1.60. The van der Waals surface area contributed by atoms with Gasteiger partial charge in [0.1, 0.15) is 24.3 Å². The van der Waals surface area contributed by atoms with Crippen LogP contribution in [0.5, 0.6) is 5.75 Å². The number of nitrogens with zero attached hydrogens (tertiary/aromatic N) is 1. The van der Waals surface area contributed by atoms with E-state index >= 15 is 0 Å². The lowest BCUT2D eigenvalue weighted by Crippen LogP contribution is -1.95. The molecule has 3 rings (SSSR count). The number of rotatable bonds is 4. The number of hydrogen-bond donors (Lipinski definition) is 0. The van der Waals surface area contributed by atoms with Crippen molar-refractivity contribution in [3.8, 4) is 16.5 Å². The highest BCUT2D eigenvalue weighted by Gasteiger charge is 2.07. The second-order valence-electron chi connectivity index (χ2n) is 3.87. The SMILES string of the molecule is Brc1cccc(OCc2coc(-c3cccs3)n2)c1. The minimum absolute atomic E-state index is 0.394. The first-order valence-electron chi connectivity index (χ1n) is 5.68. The van der Waals surface area contributed by atoms with Crippen LogP contribution in [-0.2, 0) is 6.61 Å². The first-order valence-corrected chi connectivity index (χ1v) is 7.35. The van der Waals surface area contributed by atoms with Crippen molar-refractivity contribution in [2.75, 3.05) is 0 Å². The molecule has 0 atom stereocenters. The largest absolute Gasteiger partial charge is 0.487 e. The first kappa shape index (κ1) is 12.4. The fourth-order valence-corrected chi connectivity index (χ4v) is 2.63. The summed E-state index contributed by atoms with van der Waals surface area (Å²) < 4.78 is 12.1. The lowest BCUT2D eigenvalue weighted by atomic mass is 10.3. The van der Waals surface area contributed by atoms with Gasteiger partial charge in [0.2, 0.25) is 5.89 Å². The molecule has 0 N–H and O–H groups in total. The molecule has 0 saturated heterocycles. The lowest BCUT2D eigenvalue weighted by Gasteiger charge is -2.03. The summed E-state index contributed by atoms with van der Waals surface area (Å²) in [6.07, 6.45) is 1.63. The second kappa shape index (κ2) is 5.59. The Labute approximate surface area is 123 Å². The summed E-state index contributed by atoms with van der Waals surface area (Å²) in [6, 6.07) is 11.7. The van der Waals surface area contributed by atoms with Crippen LogP contribution in [0.25, 0.3) is 10.8 Å². The monoisotopic (exact) mass is 335 g/mol. The van der Waals surface area contributed by atoms with E-state index in [1.54, 1.807) is 17.6 Å². The van der Waals surface area contributed by atoms with E-state index in [4.69, 9.17) is 9.15 Å². The van der Waals surface area contributed by atoms with Gasteiger partial charge in [-0.2, -0.15) is 0 Å². The number of thiophene rings is 1. The molecule has 3 nitrogen and oxygen atoms in total. The van der Waals surface area contributed by atoms with E-state index in [1.807, 2.05) is 41.8 Å². The van der Waals surface area contributed by atoms with E-state index in [-0.39, 0.29) is 0 Å². The average Bonchev–Trinajstić information content (AvgIpc) is 3.07. The van der Waals surface area contributed by atoms with E-state index in [2.05, 4.69) is 20.9 Å². The number of benzene rings is 1. The lowest BCUT2D eigenvalue weighted by molar-refractivity contribution is 0.301. The van der Waals surface area contributed by atoms with E-state index < -0.39 is 0 Å². The molecule has 0 bridgehead atoms. The summed E-state index contributed by atoms with van der Waals surface area (Å²) in [5.41, 5.74) is 0.781. The smallest absolute Gasteiger partial charge is 0.236 e. The Bertz CT molecular complexity index is 664.